The van der Waals surface area contributed by atoms with Crippen LogP contribution < -0.4 is 4.90 Å². The minimum Gasteiger partial charge on any atom is -0.310 e. The summed E-state index contributed by atoms with van der Waals surface area (Å²) in [6.45, 7) is 4.46. The minimum atomic E-state index is -0.495. The van der Waals surface area contributed by atoms with Crippen molar-refractivity contribution in [3.8, 4) is 28.3 Å². The van der Waals surface area contributed by atoms with Crippen LogP contribution in [0.3, 0.4) is 0 Å². The summed E-state index contributed by atoms with van der Waals surface area (Å²) in [5, 5.41) is 17.2. The van der Waals surface area contributed by atoms with E-state index in [1.165, 1.54) is 82.4 Å². The van der Waals surface area contributed by atoms with Crippen LogP contribution in [0.5, 0.6) is 0 Å². The smallest absolute Gasteiger partial charge is 0.0991 e. The van der Waals surface area contributed by atoms with Crippen LogP contribution >= 0.6 is 0 Å². The van der Waals surface area contributed by atoms with Gasteiger partial charge >= 0.3 is 0 Å². The van der Waals surface area contributed by atoms with E-state index >= 15 is 0 Å². The van der Waals surface area contributed by atoms with Crippen LogP contribution in [-0.2, 0) is 5.41 Å². The second-order valence-electron chi connectivity index (χ2n) is 15.4. The van der Waals surface area contributed by atoms with E-state index in [0.717, 1.165) is 17.1 Å². The highest BCUT2D eigenvalue weighted by Crippen LogP contribution is 2.65. The van der Waals surface area contributed by atoms with E-state index in [0.29, 0.717) is 11.5 Å². The van der Waals surface area contributed by atoms with Gasteiger partial charge in [-0.1, -0.05) is 129 Å². The second kappa shape index (κ2) is 11.8. The molecule has 55 heavy (non-hydrogen) atoms. The van der Waals surface area contributed by atoms with Crippen LogP contribution in [0.4, 0.5) is 17.1 Å². The number of benzene rings is 9. The lowest BCUT2D eigenvalue weighted by Crippen LogP contribution is -2.26. The first-order chi connectivity index (χ1) is 27.1. The second-order valence-corrected chi connectivity index (χ2v) is 15.4. The molecule has 0 amide bonds. The Morgan fingerprint density at radius 3 is 1.65 bits per heavy atom. The molecule has 258 valence electrons. The maximum atomic E-state index is 9.61. The van der Waals surface area contributed by atoms with Gasteiger partial charge in [-0.05, 0) is 149 Å². The zero-order chi connectivity index (χ0) is 36.8. The summed E-state index contributed by atoms with van der Waals surface area (Å²) in [4.78, 5) is 2.31. The average molecular weight is 701 g/mol. The van der Waals surface area contributed by atoms with Crippen molar-refractivity contribution in [2.75, 3.05) is 4.90 Å². The van der Waals surface area contributed by atoms with Crippen LogP contribution in [0.1, 0.15) is 53.1 Å². The summed E-state index contributed by atoms with van der Waals surface area (Å²) in [5.41, 5.74) is 15.3. The normalized spacial score (nSPS) is 13.2. The van der Waals surface area contributed by atoms with Gasteiger partial charge in [-0.3, -0.25) is 0 Å². The van der Waals surface area contributed by atoms with Gasteiger partial charge in [-0.2, -0.15) is 5.26 Å². The summed E-state index contributed by atoms with van der Waals surface area (Å²) in [6, 6.07) is 67.1. The lowest BCUT2D eigenvalue weighted by Gasteiger charge is -2.32. The fraction of sp³-hybridized carbons (Fsp3) is 0.0755. The van der Waals surface area contributed by atoms with Gasteiger partial charge in [-0.25, -0.2) is 0 Å². The van der Waals surface area contributed by atoms with Crippen LogP contribution in [0, 0.1) is 11.3 Å². The zero-order valence-corrected chi connectivity index (χ0v) is 30.7. The van der Waals surface area contributed by atoms with Crippen LogP contribution in [0.25, 0.3) is 54.6 Å². The molecule has 0 saturated carbocycles. The summed E-state index contributed by atoms with van der Waals surface area (Å²) in [7, 11) is 0. The molecule has 0 bridgehead atoms. The van der Waals surface area contributed by atoms with E-state index in [2.05, 4.69) is 189 Å². The molecular weight excluding hydrogens is 665 g/mol. The average Bonchev–Trinajstić information content (AvgIpc) is 3.71. The van der Waals surface area contributed by atoms with Crippen LogP contribution in [0.15, 0.2) is 176 Å². The number of fused-ring (bicyclic) bond motifs is 16. The Balaban J connectivity index is 1.23. The van der Waals surface area contributed by atoms with Crippen molar-refractivity contribution >= 4 is 49.4 Å². The van der Waals surface area contributed by atoms with Crippen molar-refractivity contribution in [2.45, 2.75) is 25.2 Å². The molecule has 2 aliphatic rings. The maximum Gasteiger partial charge on any atom is 0.0991 e. The molecule has 0 radical (unpaired) electrons. The highest BCUT2D eigenvalue weighted by molar-refractivity contribution is 6.20. The number of hydrogen-bond acceptors (Lipinski definition) is 2. The molecular formula is C53H36N2. The Hall–Kier alpha value is -6.95. The highest BCUT2D eigenvalue weighted by atomic mass is 15.1. The lowest BCUT2D eigenvalue weighted by atomic mass is 9.69. The van der Waals surface area contributed by atoms with E-state index in [9.17, 15) is 5.26 Å². The summed E-state index contributed by atoms with van der Waals surface area (Å²) >= 11 is 0. The third-order valence-electron chi connectivity index (χ3n) is 12.2. The monoisotopic (exact) mass is 700 g/mol. The molecule has 9 aromatic carbocycles. The van der Waals surface area contributed by atoms with Gasteiger partial charge in [0.25, 0.3) is 0 Å². The SMILES string of the molecule is CC(C)c1ccc(N(c2ccc(C#N)cc2)c2ccc3cc4c(cc3c2)C2(c3ccccc3-c3ccccc32)c2c-4c3ccccc3c3ccccc23)cc1. The lowest BCUT2D eigenvalue weighted by molar-refractivity contribution is 0.803. The maximum absolute atomic E-state index is 9.61. The van der Waals surface area contributed by atoms with Crippen molar-refractivity contribution in [2.24, 2.45) is 0 Å². The summed E-state index contributed by atoms with van der Waals surface area (Å²) in [6.07, 6.45) is 0. The Bertz CT molecular complexity index is 3030. The Morgan fingerprint density at radius 2 is 1.02 bits per heavy atom. The third-order valence-corrected chi connectivity index (χ3v) is 12.2. The Morgan fingerprint density at radius 1 is 0.473 bits per heavy atom. The molecule has 0 heterocycles. The molecule has 2 nitrogen and oxygen atoms in total. The van der Waals surface area contributed by atoms with E-state index in [1.54, 1.807) is 0 Å². The first kappa shape index (κ1) is 31.6. The van der Waals surface area contributed by atoms with Crippen molar-refractivity contribution in [3.05, 3.63) is 209 Å². The number of anilines is 3. The molecule has 0 aliphatic heterocycles. The molecule has 2 heteroatoms. The van der Waals surface area contributed by atoms with Crippen molar-refractivity contribution in [1.82, 2.24) is 0 Å². The van der Waals surface area contributed by atoms with E-state index in [1.807, 2.05) is 12.1 Å². The standard InChI is InChI=1S/C53H36N2/c1-33(2)35-21-26-39(27-22-35)55(38-24-19-34(32-54)20-25-38)40-28-23-36-30-47-50(31-37(36)29-40)53(48-17-9-7-13-43(48)44-14-8-10-18-49(44)53)52-46-16-6-4-12-42(46)41-11-3-5-15-45(41)51(47)52/h3-31,33H,1-2H3. The molecule has 0 atom stereocenters. The van der Waals surface area contributed by atoms with Gasteiger partial charge < -0.3 is 4.90 Å². The van der Waals surface area contributed by atoms with Crippen molar-refractivity contribution in [1.29, 1.82) is 5.26 Å². The molecule has 0 aromatic heterocycles. The quantitative estimate of drug-likeness (QED) is 0.171. The van der Waals surface area contributed by atoms with E-state index in [-0.39, 0.29) is 0 Å². The number of rotatable bonds is 4. The zero-order valence-electron chi connectivity index (χ0n) is 30.7. The van der Waals surface area contributed by atoms with Gasteiger partial charge in [0.15, 0.2) is 0 Å². The third kappa shape index (κ3) is 4.36. The topological polar surface area (TPSA) is 27.0 Å². The number of hydrogen-bond donors (Lipinski definition) is 0. The predicted molar refractivity (Wildman–Crippen MR) is 229 cm³/mol. The summed E-state index contributed by atoms with van der Waals surface area (Å²) < 4.78 is 0. The number of nitrogens with zero attached hydrogens (tertiary/aromatic N) is 2. The van der Waals surface area contributed by atoms with Gasteiger partial charge in [0.1, 0.15) is 0 Å². The molecule has 11 rings (SSSR count). The van der Waals surface area contributed by atoms with Crippen molar-refractivity contribution in [3.63, 3.8) is 0 Å². The van der Waals surface area contributed by atoms with E-state index < -0.39 is 5.41 Å². The van der Waals surface area contributed by atoms with Gasteiger partial charge in [0, 0.05) is 17.1 Å². The first-order valence-electron chi connectivity index (χ1n) is 19.2. The summed E-state index contributed by atoms with van der Waals surface area (Å²) in [5.74, 6) is 0.441. The van der Waals surface area contributed by atoms with Gasteiger partial charge in [0.05, 0.1) is 17.0 Å². The first-order valence-corrected chi connectivity index (χ1v) is 19.2. The number of nitriles is 1. The molecule has 0 saturated heterocycles. The fourth-order valence-electron chi connectivity index (χ4n) is 9.82. The predicted octanol–water partition coefficient (Wildman–Crippen LogP) is 14.0. The van der Waals surface area contributed by atoms with Crippen molar-refractivity contribution < 1.29 is 0 Å². The minimum absolute atomic E-state index is 0.441. The highest BCUT2D eigenvalue weighted by Gasteiger charge is 2.53. The van der Waals surface area contributed by atoms with Gasteiger partial charge in [0.2, 0.25) is 0 Å². The molecule has 0 N–H and O–H groups in total. The largest absolute Gasteiger partial charge is 0.310 e. The van der Waals surface area contributed by atoms with Crippen LogP contribution in [0.2, 0.25) is 0 Å². The molecule has 9 aromatic rings. The molecule has 0 unspecified atom stereocenters. The van der Waals surface area contributed by atoms with Gasteiger partial charge in [-0.15, -0.1) is 0 Å². The molecule has 0 fully saturated rings. The fourth-order valence-corrected chi connectivity index (χ4v) is 9.82. The van der Waals surface area contributed by atoms with Crippen LogP contribution in [-0.4, -0.2) is 0 Å². The molecule has 1 spiro atoms. The Kier molecular flexibility index (Phi) is 6.76. The van der Waals surface area contributed by atoms with E-state index in [4.69, 9.17) is 0 Å². The molecule has 2 aliphatic carbocycles. The Labute approximate surface area is 321 Å².